The number of H-pyrrole nitrogens is 1. The van der Waals surface area contributed by atoms with Gasteiger partial charge in [-0.1, -0.05) is 24.3 Å². The Hall–Kier alpha value is -2.79. The van der Waals surface area contributed by atoms with E-state index in [0.717, 1.165) is 21.3 Å². The highest BCUT2D eigenvalue weighted by Crippen LogP contribution is 2.28. The van der Waals surface area contributed by atoms with E-state index < -0.39 is 0 Å². The molecule has 4 rings (SSSR count). The second kappa shape index (κ2) is 6.37. The van der Waals surface area contributed by atoms with E-state index in [-0.39, 0.29) is 12.5 Å². The Balaban J connectivity index is 1.42. The Morgan fingerprint density at radius 1 is 1.04 bits per heavy atom. The van der Waals surface area contributed by atoms with Crippen molar-refractivity contribution in [2.24, 2.45) is 0 Å². The summed E-state index contributed by atoms with van der Waals surface area (Å²) in [5.74, 6) is 0.556. The average molecular weight is 336 g/mol. The zero-order valence-electron chi connectivity index (χ0n) is 12.9. The van der Waals surface area contributed by atoms with Crippen LogP contribution in [0.25, 0.3) is 21.8 Å². The van der Waals surface area contributed by atoms with E-state index in [9.17, 15) is 4.79 Å². The molecular formula is C19H16N2O2S. The molecule has 0 atom stereocenters. The van der Waals surface area contributed by atoms with E-state index in [1.165, 1.54) is 5.39 Å². The molecule has 2 aromatic carbocycles. The molecule has 0 bridgehead atoms. The molecule has 0 fully saturated rings. The second-order valence-electron chi connectivity index (χ2n) is 5.52. The number of aromatic amines is 1. The summed E-state index contributed by atoms with van der Waals surface area (Å²) in [5, 5.41) is 7.19. The summed E-state index contributed by atoms with van der Waals surface area (Å²) in [4.78, 5) is 16.4. The second-order valence-corrected chi connectivity index (χ2v) is 6.55. The third-order valence-electron chi connectivity index (χ3n) is 3.89. The Labute approximate surface area is 143 Å². The standard InChI is InChI=1S/C19H16N2O2S/c22-19(20-11-14-4-3-9-24-14)12-23-13-7-8-16-15-5-1-2-6-17(15)21-18(16)10-13/h1-10,21H,11-12H2,(H,20,22). The Bertz CT molecular complexity index is 989. The fourth-order valence-electron chi connectivity index (χ4n) is 2.72. The Kier molecular flexibility index (Phi) is 3.92. The number of ether oxygens (including phenoxy) is 1. The summed E-state index contributed by atoms with van der Waals surface area (Å²) < 4.78 is 5.61. The van der Waals surface area contributed by atoms with Gasteiger partial charge in [-0.25, -0.2) is 0 Å². The molecule has 0 saturated carbocycles. The van der Waals surface area contributed by atoms with Crippen LogP contribution in [0.2, 0.25) is 0 Å². The van der Waals surface area contributed by atoms with Crippen LogP contribution in [0.1, 0.15) is 4.88 Å². The lowest BCUT2D eigenvalue weighted by molar-refractivity contribution is -0.123. The lowest BCUT2D eigenvalue weighted by atomic mass is 10.1. The van der Waals surface area contributed by atoms with E-state index >= 15 is 0 Å². The molecule has 0 saturated heterocycles. The van der Waals surface area contributed by atoms with Gasteiger partial charge in [0, 0.05) is 27.2 Å². The molecule has 0 aliphatic carbocycles. The van der Waals surface area contributed by atoms with E-state index in [1.54, 1.807) is 11.3 Å². The maximum atomic E-state index is 11.9. The number of fused-ring (bicyclic) bond motifs is 3. The summed E-state index contributed by atoms with van der Waals surface area (Å²) in [6.45, 7) is 0.554. The van der Waals surface area contributed by atoms with Gasteiger partial charge in [0.2, 0.25) is 0 Å². The summed E-state index contributed by atoms with van der Waals surface area (Å²) >= 11 is 1.62. The van der Waals surface area contributed by atoms with Crippen LogP contribution in [0, 0.1) is 0 Å². The fraction of sp³-hybridized carbons (Fsp3) is 0.105. The van der Waals surface area contributed by atoms with Gasteiger partial charge < -0.3 is 15.0 Å². The van der Waals surface area contributed by atoms with Gasteiger partial charge >= 0.3 is 0 Å². The number of amides is 1. The number of benzene rings is 2. The summed E-state index contributed by atoms with van der Waals surface area (Å²) in [5.41, 5.74) is 2.10. The van der Waals surface area contributed by atoms with Crippen LogP contribution in [0.5, 0.6) is 5.75 Å². The predicted molar refractivity (Wildman–Crippen MR) is 97.5 cm³/mol. The van der Waals surface area contributed by atoms with Crippen LogP contribution in [-0.4, -0.2) is 17.5 Å². The van der Waals surface area contributed by atoms with Crippen molar-refractivity contribution in [3.05, 3.63) is 64.9 Å². The first-order valence-corrected chi connectivity index (χ1v) is 8.60. The van der Waals surface area contributed by atoms with Gasteiger partial charge in [-0.05, 0) is 29.6 Å². The SMILES string of the molecule is O=C(COc1ccc2c(c1)[nH]c1ccccc12)NCc1cccs1. The van der Waals surface area contributed by atoms with Crippen LogP contribution in [0.3, 0.4) is 0 Å². The molecular weight excluding hydrogens is 320 g/mol. The minimum Gasteiger partial charge on any atom is -0.484 e. The van der Waals surface area contributed by atoms with E-state index in [0.29, 0.717) is 12.3 Å². The molecule has 4 aromatic rings. The minimum absolute atomic E-state index is 0.0110. The van der Waals surface area contributed by atoms with E-state index in [1.807, 2.05) is 53.9 Å². The van der Waals surface area contributed by atoms with Crippen molar-refractivity contribution in [2.75, 3.05) is 6.61 Å². The van der Waals surface area contributed by atoms with Crippen molar-refractivity contribution < 1.29 is 9.53 Å². The number of carbonyl (C=O) groups excluding carboxylic acids is 1. The molecule has 0 unspecified atom stereocenters. The number of thiophene rings is 1. The first-order chi connectivity index (χ1) is 11.8. The molecule has 0 spiro atoms. The normalized spacial score (nSPS) is 11.0. The smallest absolute Gasteiger partial charge is 0.258 e. The molecule has 5 heteroatoms. The van der Waals surface area contributed by atoms with Gasteiger partial charge in [-0.3, -0.25) is 4.79 Å². The lowest BCUT2D eigenvalue weighted by Gasteiger charge is -2.07. The monoisotopic (exact) mass is 336 g/mol. The summed E-state index contributed by atoms with van der Waals surface area (Å²) in [7, 11) is 0. The van der Waals surface area contributed by atoms with Crippen LogP contribution < -0.4 is 10.1 Å². The molecule has 0 aliphatic rings. The number of nitrogens with one attached hydrogen (secondary N) is 2. The number of hydrogen-bond acceptors (Lipinski definition) is 3. The van der Waals surface area contributed by atoms with Crippen LogP contribution in [0.15, 0.2) is 60.0 Å². The predicted octanol–water partition coefficient (Wildman–Crippen LogP) is 4.08. The first-order valence-electron chi connectivity index (χ1n) is 7.72. The quantitative estimate of drug-likeness (QED) is 0.577. The Morgan fingerprint density at radius 3 is 2.79 bits per heavy atom. The van der Waals surface area contributed by atoms with Crippen molar-refractivity contribution in [3.63, 3.8) is 0 Å². The highest BCUT2D eigenvalue weighted by Gasteiger charge is 2.07. The zero-order valence-corrected chi connectivity index (χ0v) is 13.7. The Morgan fingerprint density at radius 2 is 1.92 bits per heavy atom. The number of para-hydroxylation sites is 1. The fourth-order valence-corrected chi connectivity index (χ4v) is 3.37. The van der Waals surface area contributed by atoms with Crippen molar-refractivity contribution >= 4 is 39.0 Å². The van der Waals surface area contributed by atoms with Crippen LogP contribution in [0.4, 0.5) is 0 Å². The highest BCUT2D eigenvalue weighted by molar-refractivity contribution is 7.09. The van der Waals surface area contributed by atoms with Gasteiger partial charge in [0.15, 0.2) is 6.61 Å². The number of carbonyl (C=O) groups is 1. The lowest BCUT2D eigenvalue weighted by Crippen LogP contribution is -2.28. The van der Waals surface area contributed by atoms with Gasteiger partial charge in [0.05, 0.1) is 12.1 Å². The molecule has 2 N–H and O–H groups in total. The van der Waals surface area contributed by atoms with Crippen molar-refractivity contribution in [1.82, 2.24) is 10.3 Å². The largest absolute Gasteiger partial charge is 0.484 e. The van der Waals surface area contributed by atoms with Crippen LogP contribution in [-0.2, 0) is 11.3 Å². The third-order valence-corrected chi connectivity index (χ3v) is 4.76. The van der Waals surface area contributed by atoms with Crippen molar-refractivity contribution in [2.45, 2.75) is 6.54 Å². The van der Waals surface area contributed by atoms with Gasteiger partial charge in [-0.2, -0.15) is 0 Å². The van der Waals surface area contributed by atoms with Crippen molar-refractivity contribution in [1.29, 1.82) is 0 Å². The van der Waals surface area contributed by atoms with Gasteiger partial charge in [-0.15, -0.1) is 11.3 Å². The molecule has 120 valence electrons. The van der Waals surface area contributed by atoms with Crippen LogP contribution >= 0.6 is 11.3 Å². The third kappa shape index (κ3) is 2.98. The maximum absolute atomic E-state index is 11.9. The van der Waals surface area contributed by atoms with Crippen molar-refractivity contribution in [3.8, 4) is 5.75 Å². The summed E-state index contributed by atoms with van der Waals surface area (Å²) in [6.07, 6.45) is 0. The minimum atomic E-state index is -0.125. The number of hydrogen-bond donors (Lipinski definition) is 2. The molecule has 2 aromatic heterocycles. The topological polar surface area (TPSA) is 54.1 Å². The molecule has 4 nitrogen and oxygen atoms in total. The number of rotatable bonds is 5. The molecule has 0 radical (unpaired) electrons. The van der Waals surface area contributed by atoms with Gasteiger partial charge in [0.1, 0.15) is 5.75 Å². The van der Waals surface area contributed by atoms with E-state index in [4.69, 9.17) is 4.74 Å². The van der Waals surface area contributed by atoms with E-state index in [2.05, 4.69) is 16.4 Å². The summed E-state index contributed by atoms with van der Waals surface area (Å²) in [6, 6.07) is 18.0. The molecule has 24 heavy (non-hydrogen) atoms. The number of aromatic nitrogens is 1. The maximum Gasteiger partial charge on any atom is 0.258 e. The highest BCUT2D eigenvalue weighted by atomic mass is 32.1. The zero-order chi connectivity index (χ0) is 16.4. The molecule has 0 aliphatic heterocycles. The molecule has 2 heterocycles. The molecule has 1 amide bonds. The average Bonchev–Trinajstić information content (AvgIpc) is 3.25. The van der Waals surface area contributed by atoms with Gasteiger partial charge in [0.25, 0.3) is 5.91 Å². The first kappa shape index (κ1) is 14.8.